The SMILES string of the molecule is CC(NC(=O)c1ccc(CS(C)(=O)=O)cc1)c1ccc(Cl)c(Cl)c1. The molecule has 0 bridgehead atoms. The molecule has 0 saturated heterocycles. The third-order valence-corrected chi connectivity index (χ3v) is 5.03. The Bertz CT molecular complexity index is 849. The van der Waals surface area contributed by atoms with Crippen molar-refractivity contribution < 1.29 is 13.2 Å². The summed E-state index contributed by atoms with van der Waals surface area (Å²) in [6.07, 6.45) is 1.17. The highest BCUT2D eigenvalue weighted by Crippen LogP contribution is 2.25. The van der Waals surface area contributed by atoms with E-state index in [-0.39, 0.29) is 17.7 Å². The van der Waals surface area contributed by atoms with Crippen LogP contribution in [0.5, 0.6) is 0 Å². The molecule has 7 heteroatoms. The van der Waals surface area contributed by atoms with E-state index in [1.165, 1.54) is 6.26 Å². The van der Waals surface area contributed by atoms with Crippen LogP contribution in [0, 0.1) is 0 Å². The summed E-state index contributed by atoms with van der Waals surface area (Å²) in [5.41, 5.74) is 1.94. The molecule has 0 saturated carbocycles. The molecule has 1 amide bonds. The summed E-state index contributed by atoms with van der Waals surface area (Å²) in [5, 5.41) is 3.76. The summed E-state index contributed by atoms with van der Waals surface area (Å²) >= 11 is 11.9. The van der Waals surface area contributed by atoms with Gasteiger partial charge in [-0.25, -0.2) is 8.42 Å². The molecule has 0 radical (unpaired) electrons. The zero-order valence-electron chi connectivity index (χ0n) is 13.2. The molecule has 4 nitrogen and oxygen atoms in total. The summed E-state index contributed by atoms with van der Waals surface area (Å²) < 4.78 is 22.5. The molecule has 2 aromatic rings. The number of carbonyl (C=O) groups excluding carboxylic acids is 1. The third-order valence-electron chi connectivity index (χ3n) is 3.44. The highest BCUT2D eigenvalue weighted by atomic mass is 35.5. The topological polar surface area (TPSA) is 63.2 Å². The van der Waals surface area contributed by atoms with E-state index in [2.05, 4.69) is 5.32 Å². The summed E-state index contributed by atoms with van der Waals surface area (Å²) in [5.74, 6) is -0.298. The molecule has 0 aromatic heterocycles. The second-order valence-corrected chi connectivity index (χ2v) is 8.59. The van der Waals surface area contributed by atoms with Gasteiger partial charge in [0.25, 0.3) is 5.91 Å². The van der Waals surface area contributed by atoms with Gasteiger partial charge >= 0.3 is 0 Å². The Morgan fingerprint density at radius 3 is 2.25 bits per heavy atom. The minimum Gasteiger partial charge on any atom is -0.346 e. The lowest BCUT2D eigenvalue weighted by molar-refractivity contribution is 0.0940. The Labute approximate surface area is 151 Å². The van der Waals surface area contributed by atoms with E-state index in [0.717, 1.165) is 5.56 Å². The molecule has 128 valence electrons. The van der Waals surface area contributed by atoms with Crippen molar-refractivity contribution in [3.05, 3.63) is 69.2 Å². The predicted molar refractivity (Wildman–Crippen MR) is 97.3 cm³/mol. The number of sulfone groups is 1. The first-order valence-corrected chi connectivity index (χ1v) is 10.00. The van der Waals surface area contributed by atoms with Crippen LogP contribution < -0.4 is 5.32 Å². The number of carbonyl (C=O) groups is 1. The predicted octanol–water partition coefficient (Wildman–Crippen LogP) is 4.03. The first-order chi connectivity index (χ1) is 11.2. The highest BCUT2D eigenvalue weighted by Gasteiger charge is 2.13. The quantitative estimate of drug-likeness (QED) is 0.844. The number of benzene rings is 2. The van der Waals surface area contributed by atoms with Gasteiger partial charge in [-0.15, -0.1) is 0 Å². The van der Waals surface area contributed by atoms with Crippen molar-refractivity contribution >= 4 is 38.9 Å². The normalized spacial score (nSPS) is 12.7. The third kappa shape index (κ3) is 5.23. The number of halogens is 2. The summed E-state index contributed by atoms with van der Waals surface area (Å²) in [4.78, 5) is 12.3. The van der Waals surface area contributed by atoms with E-state index in [1.54, 1.807) is 42.5 Å². The Hall–Kier alpha value is -1.56. The van der Waals surface area contributed by atoms with E-state index in [9.17, 15) is 13.2 Å². The lowest BCUT2D eigenvalue weighted by Crippen LogP contribution is -2.26. The molecule has 0 aliphatic heterocycles. The maximum Gasteiger partial charge on any atom is 0.251 e. The number of hydrogen-bond acceptors (Lipinski definition) is 3. The van der Waals surface area contributed by atoms with Crippen molar-refractivity contribution in [1.29, 1.82) is 0 Å². The summed E-state index contributed by atoms with van der Waals surface area (Å²) in [6, 6.07) is 11.4. The van der Waals surface area contributed by atoms with Gasteiger partial charge in [-0.1, -0.05) is 41.4 Å². The van der Waals surface area contributed by atoms with E-state index < -0.39 is 9.84 Å². The molecule has 2 aromatic carbocycles. The average molecular weight is 386 g/mol. The molecule has 0 aliphatic rings. The largest absolute Gasteiger partial charge is 0.346 e. The lowest BCUT2D eigenvalue weighted by Gasteiger charge is -2.15. The molecular weight excluding hydrogens is 369 g/mol. The Morgan fingerprint density at radius 2 is 1.71 bits per heavy atom. The van der Waals surface area contributed by atoms with Crippen LogP contribution >= 0.6 is 23.2 Å². The van der Waals surface area contributed by atoms with Crippen molar-refractivity contribution in [3.63, 3.8) is 0 Å². The van der Waals surface area contributed by atoms with Crippen LogP contribution in [0.1, 0.15) is 34.5 Å². The first kappa shape index (κ1) is 18.8. The Balaban J connectivity index is 2.07. The number of hydrogen-bond donors (Lipinski definition) is 1. The van der Waals surface area contributed by atoms with E-state index in [4.69, 9.17) is 23.2 Å². The minimum absolute atomic E-state index is 0.0470. The van der Waals surface area contributed by atoms with Gasteiger partial charge in [0.2, 0.25) is 0 Å². The molecular formula is C17H17Cl2NO3S. The van der Waals surface area contributed by atoms with Gasteiger partial charge in [0, 0.05) is 11.8 Å². The van der Waals surface area contributed by atoms with Gasteiger partial charge in [-0.2, -0.15) is 0 Å². The monoisotopic (exact) mass is 385 g/mol. The van der Waals surface area contributed by atoms with Crippen molar-refractivity contribution in [2.24, 2.45) is 0 Å². The molecule has 1 unspecified atom stereocenters. The molecule has 2 rings (SSSR count). The summed E-state index contributed by atoms with van der Waals surface area (Å²) in [7, 11) is -3.10. The molecule has 24 heavy (non-hydrogen) atoms. The number of nitrogens with one attached hydrogen (secondary N) is 1. The van der Waals surface area contributed by atoms with E-state index >= 15 is 0 Å². The van der Waals surface area contributed by atoms with Crippen LogP contribution in [0.4, 0.5) is 0 Å². The first-order valence-electron chi connectivity index (χ1n) is 7.18. The minimum atomic E-state index is -3.10. The smallest absolute Gasteiger partial charge is 0.251 e. The van der Waals surface area contributed by atoms with Crippen LogP contribution in [-0.2, 0) is 15.6 Å². The van der Waals surface area contributed by atoms with Crippen molar-refractivity contribution in [3.8, 4) is 0 Å². The maximum absolute atomic E-state index is 12.3. The van der Waals surface area contributed by atoms with Gasteiger partial charge in [-0.05, 0) is 42.3 Å². The van der Waals surface area contributed by atoms with Gasteiger partial charge in [0.15, 0.2) is 9.84 Å². The number of amides is 1. The van der Waals surface area contributed by atoms with Crippen LogP contribution in [-0.4, -0.2) is 20.6 Å². The standard InChI is InChI=1S/C17H17Cl2NO3S/c1-11(14-7-8-15(18)16(19)9-14)20-17(21)13-5-3-12(4-6-13)10-24(2,22)23/h3-9,11H,10H2,1-2H3,(H,20,21). The van der Waals surface area contributed by atoms with Gasteiger partial charge in [-0.3, -0.25) is 4.79 Å². The van der Waals surface area contributed by atoms with Crippen LogP contribution in [0.3, 0.4) is 0 Å². The fourth-order valence-corrected chi connectivity index (χ4v) is 3.30. The molecule has 0 fully saturated rings. The molecule has 0 spiro atoms. The second-order valence-electron chi connectivity index (χ2n) is 5.64. The number of rotatable bonds is 5. The van der Waals surface area contributed by atoms with Crippen LogP contribution in [0.25, 0.3) is 0 Å². The fraction of sp³-hybridized carbons (Fsp3) is 0.235. The van der Waals surface area contributed by atoms with Crippen LogP contribution in [0.2, 0.25) is 10.0 Å². The molecule has 1 N–H and O–H groups in total. The lowest BCUT2D eigenvalue weighted by atomic mass is 10.1. The van der Waals surface area contributed by atoms with Crippen molar-refractivity contribution in [2.45, 2.75) is 18.7 Å². The van der Waals surface area contributed by atoms with Gasteiger partial charge in [0.05, 0.1) is 21.8 Å². The zero-order valence-corrected chi connectivity index (χ0v) is 15.5. The average Bonchev–Trinajstić information content (AvgIpc) is 2.49. The fourth-order valence-electron chi connectivity index (χ4n) is 2.20. The molecule has 0 heterocycles. The summed E-state index contributed by atoms with van der Waals surface area (Å²) in [6.45, 7) is 1.84. The Morgan fingerprint density at radius 1 is 1.08 bits per heavy atom. The highest BCUT2D eigenvalue weighted by molar-refractivity contribution is 7.89. The van der Waals surface area contributed by atoms with E-state index in [0.29, 0.717) is 21.2 Å². The van der Waals surface area contributed by atoms with Gasteiger partial charge in [0.1, 0.15) is 0 Å². The van der Waals surface area contributed by atoms with Crippen molar-refractivity contribution in [1.82, 2.24) is 5.32 Å². The second kappa shape index (κ2) is 7.55. The maximum atomic E-state index is 12.3. The van der Waals surface area contributed by atoms with Crippen molar-refractivity contribution in [2.75, 3.05) is 6.26 Å². The molecule has 0 aliphatic carbocycles. The Kier molecular flexibility index (Phi) is 5.91. The van der Waals surface area contributed by atoms with Gasteiger partial charge < -0.3 is 5.32 Å². The zero-order chi connectivity index (χ0) is 17.9. The van der Waals surface area contributed by atoms with Crippen LogP contribution in [0.15, 0.2) is 42.5 Å². The molecule has 1 atom stereocenters. The van der Waals surface area contributed by atoms with E-state index in [1.807, 2.05) is 6.92 Å².